The quantitative estimate of drug-likeness (QED) is 0.878. The molecule has 1 aliphatic heterocycles. The number of piperidine rings is 1. The molecule has 1 saturated heterocycles. The molecule has 0 aromatic heterocycles. The SMILES string of the molecule is CC(NC(=O)[C@H]1CCCCN1)c1ccccc1OC(F)F. The molecule has 1 amide bonds. The number of carbonyl (C=O) groups excluding carboxylic acids is 1. The van der Waals surface area contributed by atoms with Gasteiger partial charge in [0, 0.05) is 5.56 Å². The Balaban J connectivity index is 2.02. The van der Waals surface area contributed by atoms with Gasteiger partial charge in [0.2, 0.25) is 5.91 Å². The lowest BCUT2D eigenvalue weighted by Crippen LogP contribution is -2.47. The zero-order chi connectivity index (χ0) is 15.2. The number of amides is 1. The minimum Gasteiger partial charge on any atom is -0.434 e. The summed E-state index contributed by atoms with van der Waals surface area (Å²) in [6, 6.07) is 5.91. The van der Waals surface area contributed by atoms with Gasteiger partial charge in [0.05, 0.1) is 12.1 Å². The van der Waals surface area contributed by atoms with Gasteiger partial charge in [-0.05, 0) is 32.4 Å². The molecular weight excluding hydrogens is 278 g/mol. The molecule has 1 fully saturated rings. The molecule has 0 bridgehead atoms. The van der Waals surface area contributed by atoms with Crippen molar-refractivity contribution in [2.75, 3.05) is 6.54 Å². The summed E-state index contributed by atoms with van der Waals surface area (Å²) in [6.07, 6.45) is 2.89. The van der Waals surface area contributed by atoms with E-state index in [2.05, 4.69) is 15.4 Å². The van der Waals surface area contributed by atoms with E-state index in [1.165, 1.54) is 6.07 Å². The van der Waals surface area contributed by atoms with Gasteiger partial charge in [-0.1, -0.05) is 24.6 Å². The molecule has 2 rings (SSSR count). The Labute approximate surface area is 122 Å². The van der Waals surface area contributed by atoms with Crippen LogP contribution in [0.5, 0.6) is 5.75 Å². The van der Waals surface area contributed by atoms with Gasteiger partial charge in [0.1, 0.15) is 5.75 Å². The van der Waals surface area contributed by atoms with Gasteiger partial charge >= 0.3 is 6.61 Å². The number of hydrogen-bond donors (Lipinski definition) is 2. The zero-order valence-corrected chi connectivity index (χ0v) is 11.9. The first-order chi connectivity index (χ1) is 10.1. The van der Waals surface area contributed by atoms with Gasteiger partial charge in [0.15, 0.2) is 0 Å². The average Bonchev–Trinajstić information content (AvgIpc) is 2.48. The van der Waals surface area contributed by atoms with Crippen molar-refractivity contribution in [3.05, 3.63) is 29.8 Å². The van der Waals surface area contributed by atoms with Crippen molar-refractivity contribution in [3.8, 4) is 5.75 Å². The van der Waals surface area contributed by atoms with Crippen LogP contribution in [0.3, 0.4) is 0 Å². The highest BCUT2D eigenvalue weighted by molar-refractivity contribution is 5.82. The summed E-state index contributed by atoms with van der Waals surface area (Å²) in [5, 5.41) is 6.01. The molecule has 1 unspecified atom stereocenters. The predicted octanol–water partition coefficient (Wildman–Crippen LogP) is 2.61. The number of hydrogen-bond acceptors (Lipinski definition) is 3. The van der Waals surface area contributed by atoms with Crippen molar-refractivity contribution < 1.29 is 18.3 Å². The van der Waals surface area contributed by atoms with E-state index in [-0.39, 0.29) is 17.7 Å². The second-order valence-corrected chi connectivity index (χ2v) is 5.15. The smallest absolute Gasteiger partial charge is 0.387 e. The summed E-state index contributed by atoms with van der Waals surface area (Å²) < 4.78 is 29.3. The molecule has 21 heavy (non-hydrogen) atoms. The van der Waals surface area contributed by atoms with Gasteiger partial charge in [-0.2, -0.15) is 8.78 Å². The fourth-order valence-electron chi connectivity index (χ4n) is 2.51. The maximum Gasteiger partial charge on any atom is 0.387 e. The number of rotatable bonds is 5. The highest BCUT2D eigenvalue weighted by Gasteiger charge is 2.23. The number of ether oxygens (including phenoxy) is 1. The van der Waals surface area contributed by atoms with Crippen molar-refractivity contribution in [1.29, 1.82) is 0 Å². The van der Waals surface area contributed by atoms with Gasteiger partial charge in [-0.3, -0.25) is 4.79 Å². The normalized spacial score (nSPS) is 20.1. The summed E-state index contributed by atoms with van der Waals surface area (Å²) in [7, 11) is 0. The molecule has 0 radical (unpaired) electrons. The van der Waals surface area contributed by atoms with Gasteiger partial charge in [-0.25, -0.2) is 0 Å². The maximum atomic E-state index is 12.4. The Morgan fingerprint density at radius 2 is 2.14 bits per heavy atom. The number of halogens is 2. The third-order valence-electron chi connectivity index (χ3n) is 3.59. The minimum atomic E-state index is -2.88. The summed E-state index contributed by atoms with van der Waals surface area (Å²) in [5.74, 6) is -0.00838. The van der Waals surface area contributed by atoms with Gasteiger partial charge < -0.3 is 15.4 Å². The first-order valence-electron chi connectivity index (χ1n) is 7.15. The Morgan fingerprint density at radius 1 is 1.38 bits per heavy atom. The van der Waals surface area contributed by atoms with Crippen molar-refractivity contribution in [3.63, 3.8) is 0 Å². The van der Waals surface area contributed by atoms with Gasteiger partial charge in [-0.15, -0.1) is 0 Å². The Hall–Kier alpha value is -1.69. The van der Waals surface area contributed by atoms with Crippen LogP contribution in [0.4, 0.5) is 8.78 Å². The summed E-state index contributed by atoms with van der Waals surface area (Å²) in [5.41, 5.74) is 0.543. The van der Waals surface area contributed by atoms with Crippen LogP contribution in [0.2, 0.25) is 0 Å². The Kier molecular flexibility index (Phi) is 5.50. The van der Waals surface area contributed by atoms with E-state index in [0.717, 1.165) is 25.8 Å². The first kappa shape index (κ1) is 15.7. The van der Waals surface area contributed by atoms with Crippen LogP contribution >= 0.6 is 0 Å². The molecule has 6 heteroatoms. The lowest BCUT2D eigenvalue weighted by molar-refractivity contribution is -0.124. The zero-order valence-electron chi connectivity index (χ0n) is 11.9. The minimum absolute atomic E-state index is 0.0944. The monoisotopic (exact) mass is 298 g/mol. The lowest BCUT2D eigenvalue weighted by atomic mass is 10.0. The van der Waals surface area contributed by atoms with Crippen molar-refractivity contribution in [2.24, 2.45) is 0 Å². The molecule has 1 aromatic rings. The third-order valence-corrected chi connectivity index (χ3v) is 3.59. The molecule has 4 nitrogen and oxygen atoms in total. The highest BCUT2D eigenvalue weighted by atomic mass is 19.3. The van der Waals surface area contributed by atoms with E-state index in [1.54, 1.807) is 25.1 Å². The lowest BCUT2D eigenvalue weighted by Gasteiger charge is -2.25. The third kappa shape index (κ3) is 4.39. The molecule has 0 spiro atoms. The first-order valence-corrected chi connectivity index (χ1v) is 7.15. The topological polar surface area (TPSA) is 50.4 Å². The molecular formula is C15H20F2N2O2. The molecule has 0 saturated carbocycles. The average molecular weight is 298 g/mol. The number of benzene rings is 1. The van der Waals surface area contributed by atoms with E-state index in [1.807, 2.05) is 0 Å². The van der Waals surface area contributed by atoms with Crippen LogP contribution in [-0.2, 0) is 4.79 Å². The standard InChI is InChI=1S/C15H20F2N2O2/c1-10(19-14(20)12-7-4-5-9-18-12)11-6-2-3-8-13(11)21-15(16)17/h2-3,6,8,10,12,15,18H,4-5,7,9H2,1H3,(H,19,20)/t10?,12-/m1/s1. The summed E-state index contributed by atoms with van der Waals surface area (Å²) in [6.45, 7) is -0.291. The van der Waals surface area contributed by atoms with Crippen LogP contribution in [0.1, 0.15) is 37.8 Å². The largest absolute Gasteiger partial charge is 0.434 e. The van der Waals surface area contributed by atoms with Crippen molar-refractivity contribution in [2.45, 2.75) is 44.9 Å². The van der Waals surface area contributed by atoms with Gasteiger partial charge in [0.25, 0.3) is 0 Å². The molecule has 1 aromatic carbocycles. The van der Waals surface area contributed by atoms with E-state index in [4.69, 9.17) is 0 Å². The van der Waals surface area contributed by atoms with E-state index in [9.17, 15) is 13.6 Å². The molecule has 2 N–H and O–H groups in total. The molecule has 1 heterocycles. The summed E-state index contributed by atoms with van der Waals surface area (Å²) >= 11 is 0. The fourth-order valence-corrected chi connectivity index (χ4v) is 2.51. The second kappa shape index (κ2) is 7.36. The molecule has 2 atom stereocenters. The van der Waals surface area contributed by atoms with Crippen molar-refractivity contribution in [1.82, 2.24) is 10.6 Å². The van der Waals surface area contributed by atoms with Crippen molar-refractivity contribution >= 4 is 5.91 Å². The van der Waals surface area contributed by atoms with Crippen LogP contribution < -0.4 is 15.4 Å². The summed E-state index contributed by atoms with van der Waals surface area (Å²) in [4.78, 5) is 12.2. The number of nitrogens with one attached hydrogen (secondary N) is 2. The van der Waals surface area contributed by atoms with Crippen LogP contribution in [-0.4, -0.2) is 25.1 Å². The number of alkyl halides is 2. The van der Waals surface area contributed by atoms with Crippen LogP contribution in [0, 0.1) is 0 Å². The van der Waals surface area contributed by atoms with Crippen LogP contribution in [0.15, 0.2) is 24.3 Å². The van der Waals surface area contributed by atoms with E-state index >= 15 is 0 Å². The fraction of sp³-hybridized carbons (Fsp3) is 0.533. The highest BCUT2D eigenvalue weighted by Crippen LogP contribution is 2.26. The van der Waals surface area contributed by atoms with E-state index < -0.39 is 12.7 Å². The Bertz CT molecular complexity index is 476. The number of para-hydroxylation sites is 1. The number of carbonyl (C=O) groups is 1. The van der Waals surface area contributed by atoms with E-state index in [0.29, 0.717) is 5.56 Å². The van der Waals surface area contributed by atoms with Crippen LogP contribution in [0.25, 0.3) is 0 Å². The predicted molar refractivity (Wildman–Crippen MR) is 75.3 cm³/mol. The second-order valence-electron chi connectivity index (χ2n) is 5.15. The Morgan fingerprint density at radius 3 is 2.81 bits per heavy atom. The molecule has 116 valence electrons. The molecule has 1 aliphatic rings. The maximum absolute atomic E-state index is 12.4. The molecule has 0 aliphatic carbocycles.